The predicted molar refractivity (Wildman–Crippen MR) is 81.1 cm³/mol. The molecule has 2 N–H and O–H groups in total. The molecule has 2 nitrogen and oxygen atoms in total. The van der Waals surface area contributed by atoms with E-state index in [2.05, 4.69) is 15.9 Å². The minimum absolute atomic E-state index is 0.254. The van der Waals surface area contributed by atoms with Crippen LogP contribution < -0.4 is 5.73 Å². The zero-order chi connectivity index (χ0) is 14.3. The maximum absolute atomic E-state index is 13.7. The number of para-hydroxylation sites is 1. The Morgan fingerprint density at radius 1 is 1.20 bits per heavy atom. The summed E-state index contributed by atoms with van der Waals surface area (Å²) in [5.74, 6) is 0.189. The Labute approximate surface area is 124 Å². The number of fused-ring (bicyclic) bond motifs is 1. The van der Waals surface area contributed by atoms with Gasteiger partial charge in [-0.15, -0.1) is 0 Å². The third-order valence-corrected chi connectivity index (χ3v) is 3.70. The second kappa shape index (κ2) is 5.04. The first-order valence-electron chi connectivity index (χ1n) is 6.25. The van der Waals surface area contributed by atoms with Crippen molar-refractivity contribution in [3.05, 3.63) is 69.6 Å². The second-order valence-electron chi connectivity index (χ2n) is 4.85. The molecule has 3 aromatic rings. The summed E-state index contributed by atoms with van der Waals surface area (Å²) in [6.07, 6.45) is 0. The van der Waals surface area contributed by atoms with Crippen molar-refractivity contribution in [2.75, 3.05) is 0 Å². The molecule has 4 heteroatoms. The lowest BCUT2D eigenvalue weighted by Gasteiger charge is -2.10. The van der Waals surface area contributed by atoms with Crippen LogP contribution in [0.15, 0.2) is 51.4 Å². The number of hydrogen-bond donors (Lipinski definition) is 1. The number of furan rings is 1. The summed E-state index contributed by atoms with van der Waals surface area (Å²) in [5.41, 5.74) is 8.52. The summed E-state index contributed by atoms with van der Waals surface area (Å²) in [5, 5.41) is 0.724. The molecule has 0 amide bonds. The Bertz CT molecular complexity index is 761. The highest BCUT2D eigenvalue weighted by molar-refractivity contribution is 9.10. The minimum atomic E-state index is -0.419. The third kappa shape index (κ3) is 2.37. The summed E-state index contributed by atoms with van der Waals surface area (Å²) in [4.78, 5) is 0. The molecule has 0 saturated carbocycles. The molecule has 0 bridgehead atoms. The van der Waals surface area contributed by atoms with Crippen LogP contribution in [0.5, 0.6) is 0 Å². The average molecular weight is 334 g/mol. The van der Waals surface area contributed by atoms with Gasteiger partial charge >= 0.3 is 0 Å². The Balaban J connectivity index is 2.07. The average Bonchev–Trinajstić information content (AvgIpc) is 2.82. The van der Waals surface area contributed by atoms with Gasteiger partial charge in [-0.3, -0.25) is 0 Å². The number of nitrogens with two attached hydrogens (primary N) is 1. The van der Waals surface area contributed by atoms with E-state index in [-0.39, 0.29) is 11.4 Å². The largest absolute Gasteiger partial charge is 0.456 e. The molecule has 3 rings (SSSR count). The van der Waals surface area contributed by atoms with Gasteiger partial charge in [0, 0.05) is 9.86 Å². The highest BCUT2D eigenvalue weighted by Crippen LogP contribution is 2.29. The number of benzene rings is 2. The van der Waals surface area contributed by atoms with Gasteiger partial charge in [-0.25, -0.2) is 4.39 Å². The molecule has 0 aliphatic rings. The first kappa shape index (κ1) is 13.3. The molecule has 0 aliphatic carbocycles. The van der Waals surface area contributed by atoms with Gasteiger partial charge in [0.05, 0.1) is 6.04 Å². The summed E-state index contributed by atoms with van der Waals surface area (Å²) in [7, 11) is 0. The molecule has 20 heavy (non-hydrogen) atoms. The normalized spacial score (nSPS) is 12.8. The Morgan fingerprint density at radius 2 is 2.00 bits per heavy atom. The van der Waals surface area contributed by atoms with Gasteiger partial charge in [0.15, 0.2) is 11.4 Å². The molecule has 0 fully saturated rings. The fourth-order valence-corrected chi connectivity index (χ4v) is 2.93. The van der Waals surface area contributed by atoms with Crippen LogP contribution in [0.25, 0.3) is 11.0 Å². The third-order valence-electron chi connectivity index (χ3n) is 3.25. The van der Waals surface area contributed by atoms with E-state index < -0.39 is 6.04 Å². The number of halogens is 2. The van der Waals surface area contributed by atoms with Crippen molar-refractivity contribution in [1.29, 1.82) is 0 Å². The van der Waals surface area contributed by atoms with Gasteiger partial charge in [0.2, 0.25) is 0 Å². The van der Waals surface area contributed by atoms with Crippen LogP contribution in [-0.4, -0.2) is 0 Å². The van der Waals surface area contributed by atoms with Crippen LogP contribution in [0.1, 0.15) is 22.9 Å². The van der Waals surface area contributed by atoms with Crippen LogP contribution in [0.4, 0.5) is 4.39 Å². The number of aryl methyl sites for hydroxylation is 1. The quantitative estimate of drug-likeness (QED) is 0.738. The highest BCUT2D eigenvalue weighted by Gasteiger charge is 2.16. The van der Waals surface area contributed by atoms with E-state index in [1.54, 1.807) is 12.1 Å². The maximum atomic E-state index is 13.7. The lowest BCUT2D eigenvalue weighted by atomic mass is 10.0. The Morgan fingerprint density at radius 3 is 2.70 bits per heavy atom. The minimum Gasteiger partial charge on any atom is -0.456 e. The van der Waals surface area contributed by atoms with Crippen LogP contribution in [0, 0.1) is 12.7 Å². The van der Waals surface area contributed by atoms with Crippen molar-refractivity contribution in [2.45, 2.75) is 13.0 Å². The van der Waals surface area contributed by atoms with Crippen molar-refractivity contribution >= 4 is 26.9 Å². The zero-order valence-corrected chi connectivity index (χ0v) is 12.4. The first-order valence-corrected chi connectivity index (χ1v) is 7.04. The monoisotopic (exact) mass is 333 g/mol. The molecule has 1 heterocycles. The maximum Gasteiger partial charge on any atom is 0.169 e. The van der Waals surface area contributed by atoms with E-state index in [1.807, 2.05) is 31.2 Å². The fourth-order valence-electron chi connectivity index (χ4n) is 2.31. The van der Waals surface area contributed by atoms with E-state index in [1.165, 1.54) is 6.07 Å². The second-order valence-corrected chi connectivity index (χ2v) is 5.76. The van der Waals surface area contributed by atoms with Crippen molar-refractivity contribution in [3.63, 3.8) is 0 Å². The number of hydrogen-bond acceptors (Lipinski definition) is 2. The van der Waals surface area contributed by atoms with Gasteiger partial charge in [0.1, 0.15) is 5.76 Å². The van der Waals surface area contributed by atoms with Gasteiger partial charge in [0.25, 0.3) is 0 Å². The van der Waals surface area contributed by atoms with Crippen LogP contribution in [0.2, 0.25) is 0 Å². The molecule has 2 aromatic carbocycles. The standard InChI is InChI=1S/C16H13BrFNO/c1-9-5-11(7-12(17)6-9)15(19)14-8-10-3-2-4-13(18)16(10)20-14/h2-8,15H,19H2,1H3. The topological polar surface area (TPSA) is 39.2 Å². The van der Waals surface area contributed by atoms with E-state index in [9.17, 15) is 4.39 Å². The lowest BCUT2D eigenvalue weighted by molar-refractivity contribution is 0.502. The first-order chi connectivity index (χ1) is 9.54. The SMILES string of the molecule is Cc1cc(Br)cc(C(N)c2cc3cccc(F)c3o2)c1. The summed E-state index contributed by atoms with van der Waals surface area (Å²) in [6.45, 7) is 2.00. The molecule has 1 aromatic heterocycles. The molecule has 0 saturated heterocycles. The molecule has 0 radical (unpaired) electrons. The molecule has 1 unspecified atom stereocenters. The van der Waals surface area contributed by atoms with Crippen molar-refractivity contribution in [3.8, 4) is 0 Å². The van der Waals surface area contributed by atoms with Crippen molar-refractivity contribution < 1.29 is 8.81 Å². The molecule has 102 valence electrons. The van der Waals surface area contributed by atoms with Crippen molar-refractivity contribution in [1.82, 2.24) is 0 Å². The number of rotatable bonds is 2. The smallest absolute Gasteiger partial charge is 0.169 e. The zero-order valence-electron chi connectivity index (χ0n) is 10.9. The summed E-state index contributed by atoms with van der Waals surface area (Å²) in [6, 6.07) is 12.2. The molecule has 1 atom stereocenters. The highest BCUT2D eigenvalue weighted by atomic mass is 79.9. The predicted octanol–water partition coefficient (Wildman–Crippen LogP) is 4.69. The lowest BCUT2D eigenvalue weighted by Crippen LogP contribution is -2.11. The van der Waals surface area contributed by atoms with Gasteiger partial charge in [-0.2, -0.15) is 0 Å². The van der Waals surface area contributed by atoms with Gasteiger partial charge in [-0.05, 0) is 42.3 Å². The fraction of sp³-hybridized carbons (Fsp3) is 0.125. The molecule has 0 spiro atoms. The van der Waals surface area contributed by atoms with Crippen molar-refractivity contribution in [2.24, 2.45) is 5.73 Å². The Hall–Kier alpha value is -1.65. The van der Waals surface area contributed by atoms with E-state index in [0.717, 1.165) is 21.0 Å². The molecular formula is C16H13BrFNO. The van der Waals surface area contributed by atoms with E-state index >= 15 is 0 Å². The van der Waals surface area contributed by atoms with E-state index in [4.69, 9.17) is 10.2 Å². The Kier molecular flexibility index (Phi) is 3.36. The van der Waals surface area contributed by atoms with Crippen LogP contribution in [-0.2, 0) is 0 Å². The molecule has 0 aliphatic heterocycles. The van der Waals surface area contributed by atoms with Gasteiger partial charge in [-0.1, -0.05) is 34.1 Å². The van der Waals surface area contributed by atoms with Gasteiger partial charge < -0.3 is 10.2 Å². The summed E-state index contributed by atoms with van der Waals surface area (Å²) < 4.78 is 20.2. The van der Waals surface area contributed by atoms with Crippen LogP contribution >= 0.6 is 15.9 Å². The van der Waals surface area contributed by atoms with Crippen LogP contribution in [0.3, 0.4) is 0 Å². The molecular weight excluding hydrogens is 321 g/mol. The van der Waals surface area contributed by atoms with E-state index in [0.29, 0.717) is 5.76 Å². The summed E-state index contributed by atoms with van der Waals surface area (Å²) >= 11 is 3.45.